The predicted octanol–water partition coefficient (Wildman–Crippen LogP) is 4.91. The van der Waals surface area contributed by atoms with Crippen molar-refractivity contribution in [3.05, 3.63) is 10.6 Å². The molecule has 0 unspecified atom stereocenters. The van der Waals surface area contributed by atoms with E-state index >= 15 is 0 Å². The Hall–Kier alpha value is 0.320. The summed E-state index contributed by atoms with van der Waals surface area (Å²) in [6.07, 6.45) is 6.88. The molecule has 0 aliphatic rings. The lowest BCUT2D eigenvalue weighted by atomic mass is 9.87. The van der Waals surface area contributed by atoms with Gasteiger partial charge in [0, 0.05) is 0 Å². The van der Waals surface area contributed by atoms with Crippen molar-refractivity contribution < 1.29 is 0 Å². The molecule has 2 heteroatoms. The number of rotatable bonds is 5. The van der Waals surface area contributed by atoms with E-state index in [1.165, 1.54) is 19.3 Å². The standard InChI is InChI=1S/C10H18Cl2/c1-4-5-6-7-10(2,3)8-9(11)12/h8H,4-7H2,1-3H3. The summed E-state index contributed by atoms with van der Waals surface area (Å²) in [5, 5.41) is 0. The van der Waals surface area contributed by atoms with Crippen LogP contribution in [0.15, 0.2) is 10.6 Å². The van der Waals surface area contributed by atoms with Crippen LogP contribution in [0.5, 0.6) is 0 Å². The monoisotopic (exact) mass is 208 g/mol. The smallest absolute Gasteiger partial charge is 0.0712 e. The maximum Gasteiger partial charge on any atom is 0.103 e. The Bertz CT molecular complexity index is 144. The molecule has 0 bridgehead atoms. The molecule has 0 aromatic rings. The summed E-state index contributed by atoms with van der Waals surface area (Å²) >= 11 is 11.2. The van der Waals surface area contributed by atoms with E-state index < -0.39 is 0 Å². The fourth-order valence-corrected chi connectivity index (χ4v) is 1.79. The van der Waals surface area contributed by atoms with E-state index in [0.717, 1.165) is 6.42 Å². The molecule has 12 heavy (non-hydrogen) atoms. The highest BCUT2D eigenvalue weighted by Gasteiger charge is 2.14. The van der Waals surface area contributed by atoms with Crippen LogP contribution in [-0.4, -0.2) is 0 Å². The SMILES string of the molecule is CCCCCC(C)(C)C=C(Cl)Cl. The van der Waals surface area contributed by atoms with Crippen LogP contribution in [0.4, 0.5) is 0 Å². The summed E-state index contributed by atoms with van der Waals surface area (Å²) in [6, 6.07) is 0. The van der Waals surface area contributed by atoms with Gasteiger partial charge in [-0.1, -0.05) is 63.2 Å². The Morgan fingerprint density at radius 3 is 2.25 bits per heavy atom. The second kappa shape index (κ2) is 5.88. The van der Waals surface area contributed by atoms with E-state index in [1.807, 2.05) is 6.08 Å². The number of hydrogen-bond acceptors (Lipinski definition) is 0. The van der Waals surface area contributed by atoms with Crippen LogP contribution in [0, 0.1) is 5.41 Å². The predicted molar refractivity (Wildman–Crippen MR) is 57.7 cm³/mol. The van der Waals surface area contributed by atoms with Gasteiger partial charge >= 0.3 is 0 Å². The number of hydrogen-bond donors (Lipinski definition) is 0. The molecule has 0 fully saturated rings. The molecule has 0 aliphatic carbocycles. The summed E-state index contributed by atoms with van der Waals surface area (Å²) in [5.74, 6) is 0. The van der Waals surface area contributed by atoms with Crippen LogP contribution in [0.1, 0.15) is 46.5 Å². The third-order valence-corrected chi connectivity index (χ3v) is 2.14. The first kappa shape index (κ1) is 12.3. The minimum absolute atomic E-state index is 0.147. The lowest BCUT2D eigenvalue weighted by Crippen LogP contribution is -2.06. The van der Waals surface area contributed by atoms with E-state index in [1.54, 1.807) is 0 Å². The molecule has 0 aliphatic heterocycles. The zero-order valence-electron chi connectivity index (χ0n) is 8.16. The molecule has 0 aromatic heterocycles. The Kier molecular flexibility index (Phi) is 6.04. The number of unbranched alkanes of at least 4 members (excludes halogenated alkanes) is 2. The molecule has 0 heterocycles. The molecule has 0 spiro atoms. The average Bonchev–Trinajstić information content (AvgIpc) is 1.84. The summed E-state index contributed by atoms with van der Waals surface area (Å²) in [7, 11) is 0. The summed E-state index contributed by atoms with van der Waals surface area (Å²) in [5.41, 5.74) is 0.147. The minimum atomic E-state index is 0.147. The quantitative estimate of drug-likeness (QED) is 0.564. The molecule has 0 aromatic carbocycles. The van der Waals surface area contributed by atoms with Gasteiger partial charge in [0.2, 0.25) is 0 Å². The maximum atomic E-state index is 5.60. The lowest BCUT2D eigenvalue weighted by Gasteiger charge is -2.19. The highest BCUT2D eigenvalue weighted by Crippen LogP contribution is 2.28. The second-order valence-electron chi connectivity index (χ2n) is 3.88. The van der Waals surface area contributed by atoms with Crippen molar-refractivity contribution in [2.75, 3.05) is 0 Å². The largest absolute Gasteiger partial charge is 0.103 e. The highest BCUT2D eigenvalue weighted by molar-refractivity contribution is 6.55. The number of halogens is 2. The molecule has 72 valence electrons. The third kappa shape index (κ3) is 7.00. The molecular formula is C10H18Cl2. The van der Waals surface area contributed by atoms with E-state index in [2.05, 4.69) is 20.8 Å². The average molecular weight is 209 g/mol. The maximum absolute atomic E-state index is 5.60. The molecular weight excluding hydrogens is 191 g/mol. The van der Waals surface area contributed by atoms with Crippen LogP contribution >= 0.6 is 23.2 Å². The van der Waals surface area contributed by atoms with Crippen LogP contribution in [0.2, 0.25) is 0 Å². The first-order valence-corrected chi connectivity index (χ1v) is 5.27. The van der Waals surface area contributed by atoms with Crippen molar-refractivity contribution in [1.82, 2.24) is 0 Å². The van der Waals surface area contributed by atoms with Gasteiger partial charge in [0.1, 0.15) is 4.49 Å². The van der Waals surface area contributed by atoms with Crippen molar-refractivity contribution in [3.8, 4) is 0 Å². The Labute approximate surface area is 85.9 Å². The van der Waals surface area contributed by atoms with Gasteiger partial charge in [-0.3, -0.25) is 0 Å². The second-order valence-corrected chi connectivity index (χ2v) is 4.89. The Balaban J connectivity index is 3.79. The highest BCUT2D eigenvalue weighted by atomic mass is 35.5. The van der Waals surface area contributed by atoms with Gasteiger partial charge in [0.05, 0.1) is 0 Å². The van der Waals surface area contributed by atoms with Gasteiger partial charge in [-0.15, -0.1) is 0 Å². The van der Waals surface area contributed by atoms with Crippen LogP contribution in [0.3, 0.4) is 0 Å². The molecule has 0 atom stereocenters. The third-order valence-electron chi connectivity index (χ3n) is 1.92. The molecule has 0 amide bonds. The van der Waals surface area contributed by atoms with Crippen LogP contribution < -0.4 is 0 Å². The van der Waals surface area contributed by atoms with Gasteiger partial charge in [-0.2, -0.15) is 0 Å². The van der Waals surface area contributed by atoms with Crippen molar-refractivity contribution in [3.63, 3.8) is 0 Å². The van der Waals surface area contributed by atoms with E-state index in [0.29, 0.717) is 4.49 Å². The van der Waals surface area contributed by atoms with Crippen LogP contribution in [-0.2, 0) is 0 Å². The molecule has 0 saturated carbocycles. The van der Waals surface area contributed by atoms with Crippen molar-refractivity contribution in [2.45, 2.75) is 46.5 Å². The van der Waals surface area contributed by atoms with Gasteiger partial charge in [-0.05, 0) is 17.9 Å². The van der Waals surface area contributed by atoms with Crippen molar-refractivity contribution in [2.24, 2.45) is 5.41 Å². The fraction of sp³-hybridized carbons (Fsp3) is 0.800. The van der Waals surface area contributed by atoms with E-state index in [9.17, 15) is 0 Å². The summed E-state index contributed by atoms with van der Waals surface area (Å²) in [6.45, 7) is 6.53. The van der Waals surface area contributed by atoms with E-state index in [-0.39, 0.29) is 5.41 Å². The molecule has 0 radical (unpaired) electrons. The first-order valence-electron chi connectivity index (χ1n) is 4.52. The molecule has 0 nitrogen and oxygen atoms in total. The fourth-order valence-electron chi connectivity index (χ4n) is 1.20. The minimum Gasteiger partial charge on any atom is -0.0712 e. The van der Waals surface area contributed by atoms with Gasteiger partial charge < -0.3 is 0 Å². The Morgan fingerprint density at radius 1 is 1.25 bits per heavy atom. The molecule has 0 rings (SSSR count). The summed E-state index contributed by atoms with van der Waals surface area (Å²) < 4.78 is 0.386. The van der Waals surface area contributed by atoms with E-state index in [4.69, 9.17) is 23.2 Å². The Morgan fingerprint density at radius 2 is 1.83 bits per heavy atom. The molecule has 0 N–H and O–H groups in total. The summed E-state index contributed by atoms with van der Waals surface area (Å²) in [4.78, 5) is 0. The normalized spacial score (nSPS) is 11.4. The lowest BCUT2D eigenvalue weighted by molar-refractivity contribution is 0.413. The van der Waals surface area contributed by atoms with Crippen LogP contribution in [0.25, 0.3) is 0 Å². The zero-order chi connectivity index (χ0) is 9.61. The molecule has 0 saturated heterocycles. The zero-order valence-corrected chi connectivity index (χ0v) is 9.67. The van der Waals surface area contributed by atoms with Crippen molar-refractivity contribution in [1.29, 1.82) is 0 Å². The van der Waals surface area contributed by atoms with Gasteiger partial charge in [-0.25, -0.2) is 0 Å². The topological polar surface area (TPSA) is 0 Å². The number of allylic oxidation sites excluding steroid dienone is 1. The first-order chi connectivity index (χ1) is 5.48. The van der Waals surface area contributed by atoms with Gasteiger partial charge in [0.15, 0.2) is 0 Å². The van der Waals surface area contributed by atoms with Gasteiger partial charge in [0.25, 0.3) is 0 Å². The van der Waals surface area contributed by atoms with Crippen molar-refractivity contribution >= 4 is 23.2 Å².